The van der Waals surface area contributed by atoms with E-state index in [2.05, 4.69) is 26.1 Å². The van der Waals surface area contributed by atoms with Crippen LogP contribution < -0.4 is 21.9 Å². The molecule has 1 aromatic heterocycles. The molecule has 1 heterocycles. The number of hydrogen-bond acceptors (Lipinski definition) is 6. The molecule has 1 amide bonds. The van der Waals surface area contributed by atoms with Gasteiger partial charge in [-0.1, -0.05) is 29.8 Å². The molecule has 27 heavy (non-hydrogen) atoms. The zero-order valence-electron chi connectivity index (χ0n) is 14.9. The van der Waals surface area contributed by atoms with E-state index in [0.29, 0.717) is 22.2 Å². The summed E-state index contributed by atoms with van der Waals surface area (Å²) in [4.78, 5) is 20.6. The van der Waals surface area contributed by atoms with E-state index in [0.717, 1.165) is 16.8 Å². The van der Waals surface area contributed by atoms with Crippen molar-refractivity contribution in [1.29, 1.82) is 0 Å². The fraction of sp³-hybridized carbons (Fsp3) is 0.105. The van der Waals surface area contributed by atoms with Gasteiger partial charge in [0.2, 0.25) is 0 Å². The van der Waals surface area contributed by atoms with E-state index in [-0.39, 0.29) is 11.6 Å². The van der Waals surface area contributed by atoms with Crippen molar-refractivity contribution in [2.24, 2.45) is 0 Å². The molecule has 0 aliphatic heterocycles. The van der Waals surface area contributed by atoms with Crippen LogP contribution in [0.15, 0.2) is 48.8 Å². The molecule has 138 valence electrons. The highest BCUT2D eigenvalue weighted by Gasteiger charge is 2.12. The van der Waals surface area contributed by atoms with Crippen LogP contribution in [-0.4, -0.2) is 15.9 Å². The molecule has 8 heteroatoms. The zero-order chi connectivity index (χ0) is 19.4. The van der Waals surface area contributed by atoms with E-state index >= 15 is 0 Å². The van der Waals surface area contributed by atoms with Gasteiger partial charge < -0.3 is 11.1 Å². The maximum atomic E-state index is 12.3. The second kappa shape index (κ2) is 7.92. The first-order valence-corrected chi connectivity index (χ1v) is 8.59. The Balaban J connectivity index is 1.75. The number of carbonyl (C=O) groups excluding carboxylic acids is 1. The number of hydrogen-bond donors (Lipinski definition) is 4. The first-order chi connectivity index (χ1) is 13.0. The van der Waals surface area contributed by atoms with E-state index in [1.54, 1.807) is 18.2 Å². The summed E-state index contributed by atoms with van der Waals surface area (Å²) in [6.07, 6.45) is 1.35. The van der Waals surface area contributed by atoms with Crippen molar-refractivity contribution in [3.8, 4) is 0 Å². The number of nitrogen functional groups attached to an aromatic ring is 1. The quantitative estimate of drug-likeness (QED) is 0.500. The van der Waals surface area contributed by atoms with Crippen molar-refractivity contribution in [3.63, 3.8) is 0 Å². The Morgan fingerprint density at radius 2 is 1.78 bits per heavy atom. The van der Waals surface area contributed by atoms with Crippen LogP contribution in [0.2, 0.25) is 5.02 Å². The van der Waals surface area contributed by atoms with Crippen LogP contribution in [0.1, 0.15) is 21.5 Å². The Kier molecular flexibility index (Phi) is 5.42. The first-order valence-electron chi connectivity index (χ1n) is 8.21. The van der Waals surface area contributed by atoms with E-state index < -0.39 is 0 Å². The third-order valence-corrected chi connectivity index (χ3v) is 4.24. The molecule has 0 unspecified atom stereocenters. The summed E-state index contributed by atoms with van der Waals surface area (Å²) in [5.74, 6) is 0.429. The third-order valence-electron chi connectivity index (χ3n) is 4.01. The number of aromatic nitrogens is 2. The molecule has 0 saturated heterocycles. The highest BCUT2D eigenvalue weighted by molar-refractivity contribution is 6.30. The topological polar surface area (TPSA) is 105 Å². The number of carbonyl (C=O) groups is 1. The van der Waals surface area contributed by atoms with Crippen molar-refractivity contribution < 1.29 is 4.79 Å². The smallest absolute Gasteiger partial charge is 0.269 e. The molecular formula is C19H19ClN6O. The van der Waals surface area contributed by atoms with Gasteiger partial charge in [0.05, 0.1) is 0 Å². The number of amides is 1. The zero-order valence-corrected chi connectivity index (χ0v) is 15.6. The number of nitrogens with two attached hydrogens (primary N) is 1. The number of aryl methyl sites for hydroxylation is 2. The molecule has 7 nitrogen and oxygen atoms in total. The molecule has 5 N–H and O–H groups in total. The average molecular weight is 383 g/mol. The highest BCUT2D eigenvalue weighted by atomic mass is 35.5. The summed E-state index contributed by atoms with van der Waals surface area (Å²) < 4.78 is 0. The summed E-state index contributed by atoms with van der Waals surface area (Å²) in [6, 6.07) is 12.7. The van der Waals surface area contributed by atoms with Crippen molar-refractivity contribution in [3.05, 3.63) is 70.5 Å². The number of rotatable bonds is 5. The summed E-state index contributed by atoms with van der Waals surface area (Å²) in [5, 5.41) is 3.80. The van der Waals surface area contributed by atoms with Gasteiger partial charge in [0.25, 0.3) is 5.91 Å². The highest BCUT2D eigenvalue weighted by Crippen LogP contribution is 2.28. The molecule has 0 saturated carbocycles. The second-order valence-corrected chi connectivity index (χ2v) is 6.40. The molecule has 0 fully saturated rings. The van der Waals surface area contributed by atoms with Crippen LogP contribution in [0.25, 0.3) is 0 Å². The van der Waals surface area contributed by atoms with Crippen LogP contribution in [0, 0.1) is 13.8 Å². The normalized spacial score (nSPS) is 10.3. The lowest BCUT2D eigenvalue weighted by Gasteiger charge is -2.14. The van der Waals surface area contributed by atoms with Crippen LogP contribution >= 0.6 is 11.6 Å². The van der Waals surface area contributed by atoms with Gasteiger partial charge in [0, 0.05) is 16.3 Å². The Labute approximate surface area is 162 Å². The number of anilines is 4. The van der Waals surface area contributed by atoms with Gasteiger partial charge >= 0.3 is 0 Å². The van der Waals surface area contributed by atoms with Gasteiger partial charge in [0.1, 0.15) is 12.0 Å². The largest absolute Gasteiger partial charge is 0.393 e. The number of hydrazine groups is 1. The number of halogens is 1. The summed E-state index contributed by atoms with van der Waals surface area (Å²) >= 11 is 5.98. The van der Waals surface area contributed by atoms with Crippen molar-refractivity contribution in [2.45, 2.75) is 13.8 Å². The van der Waals surface area contributed by atoms with Gasteiger partial charge in [-0.15, -0.1) is 0 Å². The Morgan fingerprint density at radius 1 is 1.04 bits per heavy atom. The molecule has 0 aliphatic rings. The lowest BCUT2D eigenvalue weighted by Crippen LogP contribution is -2.30. The van der Waals surface area contributed by atoms with Crippen molar-refractivity contribution in [2.75, 3.05) is 16.5 Å². The molecule has 0 atom stereocenters. The summed E-state index contributed by atoms with van der Waals surface area (Å²) in [5.41, 5.74) is 15.0. The molecule has 3 aromatic rings. The predicted octanol–water partition coefficient (Wildman–Crippen LogP) is 3.83. The lowest BCUT2D eigenvalue weighted by atomic mass is 10.1. The molecule has 2 aromatic carbocycles. The molecule has 3 rings (SSSR count). The van der Waals surface area contributed by atoms with Gasteiger partial charge in [-0.3, -0.25) is 15.6 Å². The SMILES string of the molecule is Cc1cc(Cl)ccc1Nc1ncnc(NNC(=O)c2ccccc2C)c1N. The van der Waals surface area contributed by atoms with Crippen LogP contribution in [0.3, 0.4) is 0 Å². The van der Waals surface area contributed by atoms with Crippen molar-refractivity contribution >= 4 is 40.5 Å². The van der Waals surface area contributed by atoms with E-state index in [4.69, 9.17) is 17.3 Å². The third kappa shape index (κ3) is 4.27. The minimum Gasteiger partial charge on any atom is -0.393 e. The standard InChI is InChI=1S/C19H19ClN6O/c1-11-5-3-4-6-14(11)19(27)26-25-18-16(21)17(22-10-23-18)24-15-8-7-13(20)9-12(15)2/h3-10H,21H2,1-2H3,(H,26,27)(H2,22,23,24,25). The van der Waals surface area contributed by atoms with E-state index in [1.807, 2.05) is 38.1 Å². The van der Waals surface area contributed by atoms with Crippen LogP contribution in [-0.2, 0) is 0 Å². The van der Waals surface area contributed by atoms with Gasteiger partial charge in [0.15, 0.2) is 11.6 Å². The maximum absolute atomic E-state index is 12.3. The fourth-order valence-corrected chi connectivity index (χ4v) is 2.73. The summed E-state index contributed by atoms with van der Waals surface area (Å²) in [6.45, 7) is 3.79. The van der Waals surface area contributed by atoms with Gasteiger partial charge in [-0.25, -0.2) is 9.97 Å². The first kappa shape index (κ1) is 18.5. The Hall–Kier alpha value is -3.32. The average Bonchev–Trinajstić information content (AvgIpc) is 2.64. The fourth-order valence-electron chi connectivity index (χ4n) is 2.50. The monoisotopic (exact) mass is 382 g/mol. The minimum absolute atomic E-state index is 0.275. The number of nitrogens with one attached hydrogen (secondary N) is 3. The minimum atomic E-state index is -0.283. The number of nitrogens with zero attached hydrogens (tertiary/aromatic N) is 2. The van der Waals surface area contributed by atoms with Gasteiger partial charge in [-0.2, -0.15) is 0 Å². The lowest BCUT2D eigenvalue weighted by molar-refractivity contribution is 0.0962. The summed E-state index contributed by atoms with van der Waals surface area (Å²) in [7, 11) is 0. The molecule has 0 spiro atoms. The van der Waals surface area contributed by atoms with Crippen LogP contribution in [0.5, 0.6) is 0 Å². The number of benzene rings is 2. The van der Waals surface area contributed by atoms with Crippen LogP contribution in [0.4, 0.5) is 23.0 Å². The Morgan fingerprint density at radius 3 is 2.52 bits per heavy atom. The van der Waals surface area contributed by atoms with E-state index in [1.165, 1.54) is 6.33 Å². The molecular weight excluding hydrogens is 364 g/mol. The second-order valence-electron chi connectivity index (χ2n) is 5.96. The predicted molar refractivity (Wildman–Crippen MR) is 108 cm³/mol. The maximum Gasteiger partial charge on any atom is 0.269 e. The molecule has 0 bridgehead atoms. The van der Waals surface area contributed by atoms with E-state index in [9.17, 15) is 4.79 Å². The van der Waals surface area contributed by atoms with Crippen molar-refractivity contribution in [1.82, 2.24) is 15.4 Å². The molecule has 0 aliphatic carbocycles. The Bertz CT molecular complexity index is 992. The molecule has 0 radical (unpaired) electrons. The van der Waals surface area contributed by atoms with Gasteiger partial charge in [-0.05, 0) is 49.2 Å².